The molecule has 0 aromatic heterocycles. The van der Waals surface area contributed by atoms with E-state index in [1.807, 2.05) is 0 Å². The van der Waals surface area contributed by atoms with Crippen molar-refractivity contribution in [1.82, 2.24) is 0 Å². The van der Waals surface area contributed by atoms with Gasteiger partial charge in [-0.3, -0.25) is 24.5 Å². The lowest BCUT2D eigenvalue weighted by atomic mass is 10.1. The molecule has 0 unspecified atom stereocenters. The van der Waals surface area contributed by atoms with Crippen molar-refractivity contribution in [2.45, 2.75) is 0 Å². The van der Waals surface area contributed by atoms with E-state index in [1.54, 1.807) is 24.3 Å². The molecule has 0 atom stereocenters. The molecule has 1 aliphatic rings. The number of nitrogens with zero attached hydrogens (tertiary/aromatic N) is 2. The van der Waals surface area contributed by atoms with E-state index in [1.165, 1.54) is 36.4 Å². The number of carbonyl (C=O) groups is 3. The number of nitro benzene ring substituents is 1. The van der Waals surface area contributed by atoms with Crippen LogP contribution in [0.1, 0.15) is 31.1 Å². The van der Waals surface area contributed by atoms with Crippen molar-refractivity contribution in [1.29, 1.82) is 0 Å². The van der Waals surface area contributed by atoms with E-state index >= 15 is 0 Å². The second-order valence-electron chi connectivity index (χ2n) is 6.44. The van der Waals surface area contributed by atoms with Crippen molar-refractivity contribution in [2.24, 2.45) is 0 Å². The summed E-state index contributed by atoms with van der Waals surface area (Å²) in [5.74, 6) is -1.49. The lowest BCUT2D eigenvalue weighted by Crippen LogP contribution is -2.29. The Bertz CT molecular complexity index is 1220. The summed E-state index contributed by atoms with van der Waals surface area (Å²) in [4.78, 5) is 49.4. The highest BCUT2D eigenvalue weighted by atomic mass is 127. The molecule has 148 valence electrons. The maximum Gasteiger partial charge on any atom is 0.270 e. The van der Waals surface area contributed by atoms with Crippen LogP contribution in [-0.2, 0) is 0 Å². The van der Waals surface area contributed by atoms with Crippen molar-refractivity contribution in [3.8, 4) is 0 Å². The molecule has 0 bridgehead atoms. The third-order valence-corrected chi connectivity index (χ3v) is 5.27. The number of halogens is 1. The number of anilines is 2. The highest BCUT2D eigenvalue weighted by Gasteiger charge is 2.36. The molecule has 1 aliphatic heterocycles. The summed E-state index contributed by atoms with van der Waals surface area (Å²) in [6.45, 7) is 0. The van der Waals surface area contributed by atoms with Crippen molar-refractivity contribution < 1.29 is 19.3 Å². The lowest BCUT2D eigenvalue weighted by molar-refractivity contribution is -0.384. The molecule has 3 aromatic rings. The Kier molecular flexibility index (Phi) is 5.04. The van der Waals surface area contributed by atoms with E-state index in [0.717, 1.165) is 14.5 Å². The molecule has 0 saturated heterocycles. The normalized spacial score (nSPS) is 12.6. The van der Waals surface area contributed by atoms with Gasteiger partial charge in [0.05, 0.1) is 21.7 Å². The van der Waals surface area contributed by atoms with Gasteiger partial charge in [-0.15, -0.1) is 0 Å². The number of nitro groups is 1. The Hall–Kier alpha value is -3.60. The number of fused-ring (bicyclic) bond motifs is 1. The monoisotopic (exact) mass is 513 g/mol. The smallest absolute Gasteiger partial charge is 0.270 e. The number of carbonyl (C=O) groups excluding carboxylic acids is 3. The van der Waals surface area contributed by atoms with Crippen LogP contribution in [0.5, 0.6) is 0 Å². The SMILES string of the molecule is O=C(Nc1ccc2c(c1)C(=O)N(c1ccc(I)cc1)C2=O)c1cccc([N+](=O)[O-])c1. The molecule has 0 saturated carbocycles. The molecule has 1 N–H and O–H groups in total. The molecule has 0 aliphatic carbocycles. The molecule has 0 radical (unpaired) electrons. The second kappa shape index (κ2) is 7.67. The Morgan fingerprint density at radius 3 is 2.33 bits per heavy atom. The molecule has 9 heteroatoms. The maximum atomic E-state index is 12.8. The third-order valence-electron chi connectivity index (χ3n) is 4.55. The Balaban J connectivity index is 1.60. The highest BCUT2D eigenvalue weighted by Crippen LogP contribution is 2.30. The summed E-state index contributed by atoms with van der Waals surface area (Å²) in [6.07, 6.45) is 0. The first-order valence-electron chi connectivity index (χ1n) is 8.69. The van der Waals surface area contributed by atoms with Crippen molar-refractivity contribution >= 4 is 57.4 Å². The molecular weight excluding hydrogens is 501 g/mol. The first-order valence-corrected chi connectivity index (χ1v) is 9.77. The average molecular weight is 513 g/mol. The lowest BCUT2D eigenvalue weighted by Gasteiger charge is -2.13. The van der Waals surface area contributed by atoms with Crippen LogP contribution in [0.25, 0.3) is 0 Å². The molecule has 8 nitrogen and oxygen atoms in total. The fourth-order valence-electron chi connectivity index (χ4n) is 3.11. The minimum Gasteiger partial charge on any atom is -0.322 e. The minimum absolute atomic E-state index is 0.104. The summed E-state index contributed by atoms with van der Waals surface area (Å²) in [5.41, 5.74) is 1.08. The first kappa shape index (κ1) is 19.7. The van der Waals surface area contributed by atoms with Crippen LogP contribution in [0, 0.1) is 13.7 Å². The Morgan fingerprint density at radius 1 is 0.933 bits per heavy atom. The van der Waals surface area contributed by atoms with Gasteiger partial charge in [-0.1, -0.05) is 6.07 Å². The predicted molar refractivity (Wildman–Crippen MR) is 118 cm³/mol. The van der Waals surface area contributed by atoms with Gasteiger partial charge in [0, 0.05) is 27.0 Å². The van der Waals surface area contributed by atoms with Gasteiger partial charge in [0.2, 0.25) is 0 Å². The number of hydrogen-bond acceptors (Lipinski definition) is 5. The van der Waals surface area contributed by atoms with Crippen LogP contribution in [0.15, 0.2) is 66.7 Å². The molecular formula is C21H12IN3O5. The third kappa shape index (κ3) is 3.54. The standard InChI is InChI=1S/C21H12IN3O5/c22-13-4-7-15(8-5-13)24-20(27)17-9-6-14(11-18(17)21(24)28)23-19(26)12-2-1-3-16(10-12)25(29)30/h1-11H,(H,23,26). The fraction of sp³-hybridized carbons (Fsp3) is 0. The van der Waals surface area contributed by atoms with E-state index in [2.05, 4.69) is 27.9 Å². The average Bonchev–Trinajstić information content (AvgIpc) is 2.98. The number of benzene rings is 3. The van der Waals surface area contributed by atoms with Crippen molar-refractivity contribution in [3.05, 3.63) is 97.1 Å². The van der Waals surface area contributed by atoms with Crippen molar-refractivity contribution in [3.63, 3.8) is 0 Å². The van der Waals surface area contributed by atoms with Gasteiger partial charge in [-0.05, 0) is 71.1 Å². The summed E-state index contributed by atoms with van der Waals surface area (Å²) < 4.78 is 0.971. The van der Waals surface area contributed by atoms with Gasteiger partial charge in [0.25, 0.3) is 23.4 Å². The van der Waals surface area contributed by atoms with Crippen LogP contribution in [-0.4, -0.2) is 22.6 Å². The first-order chi connectivity index (χ1) is 14.3. The van der Waals surface area contributed by atoms with Crippen LogP contribution in [0.4, 0.5) is 17.1 Å². The molecule has 0 fully saturated rings. The summed E-state index contributed by atoms with van der Waals surface area (Å²) in [6, 6.07) is 16.7. The molecule has 1 heterocycles. The zero-order valence-electron chi connectivity index (χ0n) is 15.2. The van der Waals surface area contributed by atoms with Crippen molar-refractivity contribution in [2.75, 3.05) is 10.2 Å². The quantitative estimate of drug-likeness (QED) is 0.243. The van der Waals surface area contributed by atoms with Gasteiger partial charge < -0.3 is 5.32 Å². The Labute approximate surface area is 183 Å². The molecule has 3 amide bonds. The molecule has 4 rings (SSSR count). The maximum absolute atomic E-state index is 12.8. The number of hydrogen-bond donors (Lipinski definition) is 1. The predicted octanol–water partition coefficient (Wildman–Crippen LogP) is 4.25. The zero-order chi connectivity index (χ0) is 21.4. The van der Waals surface area contributed by atoms with Crippen LogP contribution < -0.4 is 10.2 Å². The van der Waals surface area contributed by atoms with Gasteiger partial charge in [0.1, 0.15) is 0 Å². The molecule has 0 spiro atoms. The van der Waals surface area contributed by atoms with E-state index < -0.39 is 22.6 Å². The molecule has 3 aromatic carbocycles. The number of non-ortho nitro benzene ring substituents is 1. The summed E-state index contributed by atoms with van der Waals surface area (Å²) in [7, 11) is 0. The van der Waals surface area contributed by atoms with Gasteiger partial charge >= 0.3 is 0 Å². The molecule has 30 heavy (non-hydrogen) atoms. The zero-order valence-corrected chi connectivity index (χ0v) is 17.3. The van der Waals surface area contributed by atoms with Crippen LogP contribution >= 0.6 is 22.6 Å². The largest absolute Gasteiger partial charge is 0.322 e. The summed E-state index contributed by atoms with van der Waals surface area (Å²) in [5, 5.41) is 13.5. The van der Waals surface area contributed by atoms with E-state index in [0.29, 0.717) is 11.4 Å². The van der Waals surface area contributed by atoms with Crippen LogP contribution in [0.3, 0.4) is 0 Å². The van der Waals surface area contributed by atoms with E-state index in [4.69, 9.17) is 0 Å². The number of rotatable bonds is 4. The summed E-state index contributed by atoms with van der Waals surface area (Å²) >= 11 is 2.13. The van der Waals surface area contributed by atoms with Crippen LogP contribution in [0.2, 0.25) is 0 Å². The van der Waals surface area contributed by atoms with Gasteiger partial charge in [0.15, 0.2) is 0 Å². The highest BCUT2D eigenvalue weighted by molar-refractivity contribution is 14.1. The number of nitrogens with one attached hydrogen (secondary N) is 1. The number of imide groups is 1. The Morgan fingerprint density at radius 2 is 1.63 bits per heavy atom. The van der Waals surface area contributed by atoms with Gasteiger partial charge in [-0.2, -0.15) is 0 Å². The fourth-order valence-corrected chi connectivity index (χ4v) is 3.47. The number of amides is 3. The topological polar surface area (TPSA) is 110 Å². The van der Waals surface area contributed by atoms with Gasteiger partial charge in [-0.25, -0.2) is 4.90 Å². The van der Waals surface area contributed by atoms with E-state index in [9.17, 15) is 24.5 Å². The van der Waals surface area contributed by atoms with E-state index in [-0.39, 0.29) is 22.4 Å². The second-order valence-corrected chi connectivity index (χ2v) is 7.69. The minimum atomic E-state index is -0.588.